The van der Waals surface area contributed by atoms with Gasteiger partial charge in [-0.25, -0.2) is 4.79 Å². The van der Waals surface area contributed by atoms with E-state index in [0.717, 1.165) is 12.8 Å². The Balaban J connectivity index is 2.69. The topological polar surface area (TPSA) is 62.2 Å². The number of methoxy groups -OCH3 is 1. The first kappa shape index (κ1) is 16.2. The monoisotopic (exact) mass is 274 g/mol. The van der Waals surface area contributed by atoms with Crippen LogP contribution in [-0.2, 0) is 9.47 Å². The van der Waals surface area contributed by atoms with E-state index in [1.807, 2.05) is 0 Å². The van der Waals surface area contributed by atoms with Gasteiger partial charge < -0.3 is 19.5 Å². The first-order chi connectivity index (χ1) is 9.04. The van der Waals surface area contributed by atoms with Gasteiger partial charge in [-0.1, -0.05) is 13.3 Å². The Morgan fingerprint density at radius 3 is 2.68 bits per heavy atom. The molecule has 6 heteroatoms. The maximum Gasteiger partial charge on any atom is 0.322 e. The van der Waals surface area contributed by atoms with Gasteiger partial charge in [0.05, 0.1) is 24.8 Å². The summed E-state index contributed by atoms with van der Waals surface area (Å²) in [5.41, 5.74) is 0. The summed E-state index contributed by atoms with van der Waals surface area (Å²) in [5.74, 6) is 0. The van der Waals surface area contributed by atoms with E-state index in [4.69, 9.17) is 9.47 Å². The molecule has 6 nitrogen and oxygen atoms in total. The molecule has 1 rings (SSSR count). The average molecular weight is 274 g/mol. The molecule has 3 atom stereocenters. The second kappa shape index (κ2) is 7.67. The minimum Gasteiger partial charge on any atom is -0.391 e. The average Bonchev–Trinajstić information content (AvgIpc) is 2.60. The zero-order valence-corrected chi connectivity index (χ0v) is 12.3. The molecule has 1 aliphatic heterocycles. The molecule has 0 radical (unpaired) electrons. The molecular weight excluding hydrogens is 248 g/mol. The number of aliphatic hydroxyl groups excluding tert-OH is 1. The summed E-state index contributed by atoms with van der Waals surface area (Å²) in [4.78, 5) is 15.3. The van der Waals surface area contributed by atoms with Crippen molar-refractivity contribution in [2.45, 2.75) is 44.9 Å². The standard InChI is InChI=1S/C13H26N2O4/c1-5-6-7-19-8-11-12(10(2)16)14(3)13(17)15(11)9-18-4/h10-12,16H,5-9H2,1-4H3. The Bertz CT molecular complexity index is 286. The zero-order chi connectivity index (χ0) is 14.4. The number of carbonyl (C=O) groups is 1. The molecule has 0 saturated carbocycles. The predicted octanol–water partition coefficient (Wildman–Crippen LogP) is 0.892. The molecule has 0 aromatic heterocycles. The summed E-state index contributed by atoms with van der Waals surface area (Å²) in [5, 5.41) is 9.88. The van der Waals surface area contributed by atoms with Crippen molar-refractivity contribution in [3.05, 3.63) is 0 Å². The van der Waals surface area contributed by atoms with Gasteiger partial charge in [0.2, 0.25) is 0 Å². The maximum atomic E-state index is 12.1. The quantitative estimate of drug-likeness (QED) is 0.668. The lowest BCUT2D eigenvalue weighted by atomic mass is 10.0. The summed E-state index contributed by atoms with van der Waals surface area (Å²) < 4.78 is 10.7. The van der Waals surface area contributed by atoms with E-state index < -0.39 is 6.10 Å². The van der Waals surface area contributed by atoms with Crippen molar-refractivity contribution >= 4 is 6.03 Å². The number of nitrogens with zero attached hydrogens (tertiary/aromatic N) is 2. The van der Waals surface area contributed by atoms with E-state index in [9.17, 15) is 9.90 Å². The molecular formula is C13H26N2O4. The van der Waals surface area contributed by atoms with Crippen molar-refractivity contribution in [1.29, 1.82) is 0 Å². The third-order valence-corrected chi connectivity index (χ3v) is 3.48. The maximum absolute atomic E-state index is 12.1. The van der Waals surface area contributed by atoms with E-state index >= 15 is 0 Å². The number of likely N-dealkylation sites (N-methyl/N-ethyl adjacent to an activating group) is 1. The number of ether oxygens (including phenoxy) is 2. The molecule has 0 aromatic carbocycles. The van der Waals surface area contributed by atoms with Crippen LogP contribution in [0.15, 0.2) is 0 Å². The van der Waals surface area contributed by atoms with Gasteiger partial charge >= 0.3 is 6.03 Å². The number of rotatable bonds is 8. The van der Waals surface area contributed by atoms with Crippen molar-refractivity contribution in [2.24, 2.45) is 0 Å². The Kier molecular flexibility index (Phi) is 6.54. The van der Waals surface area contributed by atoms with Gasteiger partial charge in [0.25, 0.3) is 0 Å². The Labute approximate surface area is 115 Å². The van der Waals surface area contributed by atoms with Gasteiger partial charge in [-0.15, -0.1) is 0 Å². The summed E-state index contributed by atoms with van der Waals surface area (Å²) in [6.45, 7) is 5.12. The highest BCUT2D eigenvalue weighted by Gasteiger charge is 2.45. The summed E-state index contributed by atoms with van der Waals surface area (Å²) in [7, 11) is 3.26. The minimum atomic E-state index is -0.601. The van der Waals surface area contributed by atoms with Crippen LogP contribution in [0.4, 0.5) is 4.79 Å². The van der Waals surface area contributed by atoms with E-state index in [0.29, 0.717) is 13.2 Å². The number of amides is 2. The van der Waals surface area contributed by atoms with E-state index in [1.54, 1.807) is 30.9 Å². The van der Waals surface area contributed by atoms with E-state index in [-0.39, 0.29) is 24.8 Å². The molecule has 19 heavy (non-hydrogen) atoms. The molecule has 1 saturated heterocycles. The van der Waals surface area contributed by atoms with E-state index in [2.05, 4.69) is 6.92 Å². The lowest BCUT2D eigenvalue weighted by molar-refractivity contribution is 0.00869. The number of carbonyl (C=O) groups excluding carboxylic acids is 1. The second-order valence-corrected chi connectivity index (χ2v) is 5.01. The van der Waals surface area contributed by atoms with Gasteiger partial charge in [-0.2, -0.15) is 0 Å². The van der Waals surface area contributed by atoms with Crippen molar-refractivity contribution in [2.75, 3.05) is 34.1 Å². The molecule has 1 fully saturated rings. The number of aliphatic hydroxyl groups is 1. The largest absolute Gasteiger partial charge is 0.391 e. The number of hydrogen-bond donors (Lipinski definition) is 1. The molecule has 2 amide bonds. The Morgan fingerprint density at radius 1 is 1.47 bits per heavy atom. The first-order valence-electron chi connectivity index (χ1n) is 6.82. The smallest absolute Gasteiger partial charge is 0.322 e. The molecule has 0 aromatic rings. The van der Waals surface area contributed by atoms with Gasteiger partial charge in [-0.05, 0) is 13.3 Å². The Morgan fingerprint density at radius 2 is 2.16 bits per heavy atom. The first-order valence-corrected chi connectivity index (χ1v) is 6.82. The van der Waals surface area contributed by atoms with E-state index in [1.165, 1.54) is 0 Å². The Hall–Kier alpha value is -0.850. The van der Waals surface area contributed by atoms with Crippen molar-refractivity contribution < 1.29 is 19.4 Å². The molecule has 0 aliphatic carbocycles. The molecule has 0 spiro atoms. The van der Waals surface area contributed by atoms with Crippen molar-refractivity contribution in [1.82, 2.24) is 9.80 Å². The molecule has 1 aliphatic rings. The molecule has 1 N–H and O–H groups in total. The van der Waals surface area contributed by atoms with Gasteiger partial charge in [0, 0.05) is 20.8 Å². The highest BCUT2D eigenvalue weighted by molar-refractivity contribution is 5.77. The van der Waals surface area contributed by atoms with Crippen LogP contribution >= 0.6 is 0 Å². The second-order valence-electron chi connectivity index (χ2n) is 5.01. The van der Waals surface area contributed by atoms with Crippen LogP contribution < -0.4 is 0 Å². The summed E-state index contributed by atoms with van der Waals surface area (Å²) in [6, 6.07) is -0.560. The van der Waals surface area contributed by atoms with Crippen molar-refractivity contribution in [3.63, 3.8) is 0 Å². The lowest BCUT2D eigenvalue weighted by Crippen LogP contribution is -2.46. The van der Waals surface area contributed by atoms with Crippen LogP contribution in [0, 0.1) is 0 Å². The van der Waals surface area contributed by atoms with Crippen LogP contribution in [0.1, 0.15) is 26.7 Å². The SMILES string of the molecule is CCCCOCC1C(C(C)O)N(C)C(=O)N1COC. The minimum absolute atomic E-state index is 0.128. The summed E-state index contributed by atoms with van der Waals surface area (Å²) >= 11 is 0. The fourth-order valence-electron chi connectivity index (χ4n) is 2.49. The van der Waals surface area contributed by atoms with Crippen LogP contribution in [-0.4, -0.2) is 73.2 Å². The third kappa shape index (κ3) is 3.81. The fourth-order valence-corrected chi connectivity index (χ4v) is 2.49. The van der Waals surface area contributed by atoms with Crippen LogP contribution in [0.5, 0.6) is 0 Å². The van der Waals surface area contributed by atoms with Gasteiger partial charge in [0.1, 0.15) is 6.73 Å². The number of hydrogen-bond acceptors (Lipinski definition) is 4. The van der Waals surface area contributed by atoms with Crippen LogP contribution in [0.3, 0.4) is 0 Å². The normalized spacial score (nSPS) is 25.2. The van der Waals surface area contributed by atoms with Gasteiger partial charge in [-0.3, -0.25) is 4.90 Å². The highest BCUT2D eigenvalue weighted by Crippen LogP contribution is 2.24. The zero-order valence-electron chi connectivity index (χ0n) is 12.3. The lowest BCUT2D eigenvalue weighted by Gasteiger charge is -2.28. The van der Waals surface area contributed by atoms with Gasteiger partial charge in [0.15, 0.2) is 0 Å². The molecule has 3 unspecified atom stereocenters. The third-order valence-electron chi connectivity index (χ3n) is 3.48. The predicted molar refractivity (Wildman–Crippen MR) is 71.9 cm³/mol. The number of urea groups is 1. The molecule has 1 heterocycles. The molecule has 0 bridgehead atoms. The van der Waals surface area contributed by atoms with Crippen molar-refractivity contribution in [3.8, 4) is 0 Å². The fraction of sp³-hybridized carbons (Fsp3) is 0.923. The highest BCUT2D eigenvalue weighted by atomic mass is 16.5. The number of unbranched alkanes of at least 4 members (excludes halogenated alkanes) is 1. The van der Waals surface area contributed by atoms with Crippen LogP contribution in [0.25, 0.3) is 0 Å². The molecule has 112 valence electrons. The summed E-state index contributed by atoms with van der Waals surface area (Å²) in [6.07, 6.45) is 1.47. The van der Waals surface area contributed by atoms with Crippen LogP contribution in [0.2, 0.25) is 0 Å².